The molecule has 1 heterocycles. The third kappa shape index (κ3) is 4.10. The van der Waals surface area contributed by atoms with Gasteiger partial charge >= 0.3 is 6.18 Å². The molecule has 0 unspecified atom stereocenters. The van der Waals surface area contributed by atoms with Crippen molar-refractivity contribution in [2.75, 3.05) is 19.6 Å². The molecule has 2 N–H and O–H groups in total. The maximum atomic E-state index is 13.2. The van der Waals surface area contributed by atoms with Crippen LogP contribution in [0.3, 0.4) is 0 Å². The lowest BCUT2D eigenvalue weighted by atomic mass is 9.96. The van der Waals surface area contributed by atoms with Crippen LogP contribution in [0.25, 0.3) is 0 Å². The molecule has 1 saturated heterocycles. The summed E-state index contributed by atoms with van der Waals surface area (Å²) in [6, 6.07) is 2.34. The zero-order valence-corrected chi connectivity index (χ0v) is 12.5. The first-order chi connectivity index (χ1) is 9.82. The fourth-order valence-electron chi connectivity index (χ4n) is 2.43. The van der Waals surface area contributed by atoms with Crippen LogP contribution in [0.15, 0.2) is 18.2 Å². The first kappa shape index (κ1) is 18.7. The third-order valence-corrected chi connectivity index (χ3v) is 3.75. The fraction of sp³-hybridized carbons (Fsp3) is 0.500. The van der Waals surface area contributed by atoms with E-state index in [-0.39, 0.29) is 18.0 Å². The molecule has 0 radical (unpaired) electrons. The number of rotatable bonds is 2. The van der Waals surface area contributed by atoms with Crippen molar-refractivity contribution < 1.29 is 22.4 Å². The number of carbonyl (C=O) groups is 1. The molecule has 1 aliphatic rings. The molecule has 8 heteroatoms. The number of nitrogens with zero attached hydrogens (tertiary/aromatic N) is 1. The highest BCUT2D eigenvalue weighted by Gasteiger charge is 2.35. The van der Waals surface area contributed by atoms with Crippen molar-refractivity contribution in [3.63, 3.8) is 0 Å². The maximum absolute atomic E-state index is 13.2. The van der Waals surface area contributed by atoms with Crippen LogP contribution in [0.2, 0.25) is 0 Å². The van der Waals surface area contributed by atoms with Gasteiger partial charge in [-0.3, -0.25) is 4.79 Å². The molecule has 1 fully saturated rings. The molecular formula is C14H17ClF4N2O. The maximum Gasteiger partial charge on any atom is 0.419 e. The molecule has 124 valence electrons. The summed E-state index contributed by atoms with van der Waals surface area (Å²) < 4.78 is 51.2. The van der Waals surface area contributed by atoms with Crippen molar-refractivity contribution in [1.82, 2.24) is 4.90 Å². The molecule has 0 saturated carbocycles. The van der Waals surface area contributed by atoms with E-state index in [0.717, 1.165) is 18.9 Å². The van der Waals surface area contributed by atoms with E-state index in [1.54, 1.807) is 0 Å². The molecule has 2 rings (SSSR count). The van der Waals surface area contributed by atoms with E-state index in [1.165, 1.54) is 4.90 Å². The predicted molar refractivity (Wildman–Crippen MR) is 76.3 cm³/mol. The highest BCUT2D eigenvalue weighted by atomic mass is 35.5. The number of piperidine rings is 1. The molecule has 1 aromatic rings. The minimum atomic E-state index is -4.81. The van der Waals surface area contributed by atoms with Gasteiger partial charge in [-0.25, -0.2) is 4.39 Å². The normalized spacial score (nSPS) is 16.3. The summed E-state index contributed by atoms with van der Waals surface area (Å²) in [5.74, 6) is -1.54. The second-order valence-corrected chi connectivity index (χ2v) is 5.16. The summed E-state index contributed by atoms with van der Waals surface area (Å²) in [4.78, 5) is 13.7. The van der Waals surface area contributed by atoms with Crippen molar-refractivity contribution >= 4 is 18.3 Å². The predicted octanol–water partition coefficient (Wildman–Crippen LogP) is 3.08. The Morgan fingerprint density at radius 3 is 2.36 bits per heavy atom. The zero-order chi connectivity index (χ0) is 15.6. The highest BCUT2D eigenvalue weighted by molar-refractivity contribution is 5.94. The van der Waals surface area contributed by atoms with Crippen molar-refractivity contribution in [1.29, 1.82) is 0 Å². The van der Waals surface area contributed by atoms with Gasteiger partial charge in [0.15, 0.2) is 0 Å². The summed E-state index contributed by atoms with van der Waals surface area (Å²) in [5.41, 5.74) is 3.99. The van der Waals surface area contributed by atoms with Crippen LogP contribution in [0.1, 0.15) is 28.8 Å². The van der Waals surface area contributed by atoms with Gasteiger partial charge in [0.25, 0.3) is 5.91 Å². The molecule has 1 aliphatic heterocycles. The number of hydrogen-bond donors (Lipinski definition) is 1. The average Bonchev–Trinajstić information content (AvgIpc) is 2.46. The zero-order valence-electron chi connectivity index (χ0n) is 11.7. The highest BCUT2D eigenvalue weighted by Crippen LogP contribution is 2.32. The quantitative estimate of drug-likeness (QED) is 0.841. The second kappa shape index (κ2) is 7.28. The Kier molecular flexibility index (Phi) is 6.19. The Balaban J connectivity index is 0.00000242. The molecule has 0 aliphatic carbocycles. The van der Waals surface area contributed by atoms with Crippen LogP contribution >= 0.6 is 12.4 Å². The SMILES string of the molecule is Cl.NCC1CCN(C(=O)c2ccc(F)c(C(F)(F)F)c2)CC1. The minimum absolute atomic E-state index is 0. The molecule has 1 amide bonds. The van der Waals surface area contributed by atoms with E-state index in [1.807, 2.05) is 0 Å². The van der Waals surface area contributed by atoms with Gasteiger partial charge < -0.3 is 10.6 Å². The van der Waals surface area contributed by atoms with Crippen molar-refractivity contribution in [3.8, 4) is 0 Å². The molecule has 1 aromatic carbocycles. The summed E-state index contributed by atoms with van der Waals surface area (Å²) >= 11 is 0. The standard InChI is InChI=1S/C14H16F4N2O.ClH/c15-12-2-1-10(7-11(12)14(16,17)18)13(21)20-5-3-9(8-19)4-6-20;/h1-2,7,9H,3-6,8,19H2;1H. The number of alkyl halides is 3. The van der Waals surface area contributed by atoms with E-state index in [2.05, 4.69) is 0 Å². The van der Waals surface area contributed by atoms with Gasteiger partial charge in [0.2, 0.25) is 0 Å². The van der Waals surface area contributed by atoms with Crippen LogP contribution in [0, 0.1) is 11.7 Å². The number of likely N-dealkylation sites (tertiary alicyclic amines) is 1. The Morgan fingerprint density at radius 2 is 1.86 bits per heavy atom. The van der Waals surface area contributed by atoms with E-state index in [9.17, 15) is 22.4 Å². The smallest absolute Gasteiger partial charge is 0.339 e. The van der Waals surface area contributed by atoms with Gasteiger partial charge in [-0.1, -0.05) is 0 Å². The number of benzene rings is 1. The second-order valence-electron chi connectivity index (χ2n) is 5.16. The van der Waals surface area contributed by atoms with Gasteiger partial charge in [-0.2, -0.15) is 13.2 Å². The largest absolute Gasteiger partial charge is 0.419 e. The summed E-state index contributed by atoms with van der Waals surface area (Å²) in [6.07, 6.45) is -3.35. The van der Waals surface area contributed by atoms with Gasteiger partial charge in [0, 0.05) is 18.7 Å². The summed E-state index contributed by atoms with van der Waals surface area (Å²) in [6.45, 7) is 1.45. The molecule has 0 spiro atoms. The monoisotopic (exact) mass is 340 g/mol. The molecule has 3 nitrogen and oxygen atoms in total. The minimum Gasteiger partial charge on any atom is -0.339 e. The van der Waals surface area contributed by atoms with E-state index in [4.69, 9.17) is 5.73 Å². The fourth-order valence-corrected chi connectivity index (χ4v) is 2.43. The Bertz CT molecular complexity index is 528. The third-order valence-electron chi connectivity index (χ3n) is 3.75. The van der Waals surface area contributed by atoms with Crippen LogP contribution < -0.4 is 5.73 Å². The van der Waals surface area contributed by atoms with Crippen LogP contribution in [-0.4, -0.2) is 30.4 Å². The van der Waals surface area contributed by atoms with E-state index < -0.39 is 23.5 Å². The van der Waals surface area contributed by atoms with Gasteiger partial charge in [-0.05, 0) is 43.5 Å². The van der Waals surface area contributed by atoms with E-state index in [0.29, 0.717) is 37.7 Å². The number of nitrogens with two attached hydrogens (primary N) is 1. The summed E-state index contributed by atoms with van der Waals surface area (Å²) in [5, 5.41) is 0. The lowest BCUT2D eigenvalue weighted by molar-refractivity contribution is -0.140. The topological polar surface area (TPSA) is 46.3 Å². The average molecular weight is 341 g/mol. The van der Waals surface area contributed by atoms with Crippen molar-refractivity contribution in [2.45, 2.75) is 19.0 Å². The van der Waals surface area contributed by atoms with Gasteiger partial charge in [0.05, 0.1) is 5.56 Å². The van der Waals surface area contributed by atoms with Crippen molar-refractivity contribution in [3.05, 3.63) is 35.1 Å². The van der Waals surface area contributed by atoms with Crippen LogP contribution in [0.5, 0.6) is 0 Å². The van der Waals surface area contributed by atoms with Gasteiger partial charge in [-0.15, -0.1) is 12.4 Å². The van der Waals surface area contributed by atoms with Crippen LogP contribution in [-0.2, 0) is 6.18 Å². The number of hydrogen-bond acceptors (Lipinski definition) is 2. The lowest BCUT2D eigenvalue weighted by Crippen LogP contribution is -2.40. The van der Waals surface area contributed by atoms with Crippen LogP contribution in [0.4, 0.5) is 17.6 Å². The number of amides is 1. The first-order valence-corrected chi connectivity index (χ1v) is 6.69. The Labute approximate surface area is 131 Å². The van der Waals surface area contributed by atoms with Gasteiger partial charge in [0.1, 0.15) is 5.82 Å². The first-order valence-electron chi connectivity index (χ1n) is 6.69. The molecule has 22 heavy (non-hydrogen) atoms. The van der Waals surface area contributed by atoms with Crippen molar-refractivity contribution in [2.24, 2.45) is 11.7 Å². The molecule has 0 bridgehead atoms. The molecular weight excluding hydrogens is 324 g/mol. The van der Waals surface area contributed by atoms with E-state index >= 15 is 0 Å². The Morgan fingerprint density at radius 1 is 1.27 bits per heavy atom. The Hall–Kier alpha value is -1.34. The number of halogens is 5. The molecule has 0 atom stereocenters. The molecule has 0 aromatic heterocycles. The summed E-state index contributed by atoms with van der Waals surface area (Å²) in [7, 11) is 0. The lowest BCUT2D eigenvalue weighted by Gasteiger charge is -2.31. The number of carbonyl (C=O) groups excluding carboxylic acids is 1.